The molecule has 6 heteroatoms. The van der Waals surface area contributed by atoms with Crippen molar-refractivity contribution in [2.45, 2.75) is 39.3 Å². The van der Waals surface area contributed by atoms with Crippen molar-refractivity contribution in [2.24, 2.45) is 0 Å². The van der Waals surface area contributed by atoms with Crippen LogP contribution in [0.4, 0.5) is 10.1 Å². The second kappa shape index (κ2) is 9.47. The van der Waals surface area contributed by atoms with Gasteiger partial charge in [0.1, 0.15) is 5.82 Å². The number of halogens is 1. The molecule has 0 aliphatic carbocycles. The highest BCUT2D eigenvalue weighted by Crippen LogP contribution is 2.17. The predicted molar refractivity (Wildman–Crippen MR) is 121 cm³/mol. The largest absolute Gasteiger partial charge is 0.369 e. The van der Waals surface area contributed by atoms with E-state index in [0.717, 1.165) is 81.8 Å². The second-order valence-corrected chi connectivity index (χ2v) is 8.09. The van der Waals surface area contributed by atoms with E-state index in [9.17, 15) is 9.18 Å². The molecule has 1 aliphatic rings. The van der Waals surface area contributed by atoms with Gasteiger partial charge in [-0.1, -0.05) is 19.1 Å². The third-order valence-electron chi connectivity index (χ3n) is 6.04. The van der Waals surface area contributed by atoms with Gasteiger partial charge in [0.15, 0.2) is 0 Å². The number of hydrogen-bond donors (Lipinski definition) is 0. The van der Waals surface area contributed by atoms with Gasteiger partial charge in [0.25, 0.3) is 0 Å². The molecule has 0 bridgehead atoms. The number of hydrogen-bond acceptors (Lipinski definition) is 3. The lowest BCUT2D eigenvalue weighted by Gasteiger charge is -2.36. The highest BCUT2D eigenvalue weighted by molar-refractivity contribution is 5.75. The van der Waals surface area contributed by atoms with Crippen LogP contribution in [0, 0.1) is 5.82 Å². The van der Waals surface area contributed by atoms with Gasteiger partial charge in [0.2, 0.25) is 0 Å². The fraction of sp³-hybridized carbons (Fsp3) is 0.458. The molecule has 0 spiro atoms. The van der Waals surface area contributed by atoms with E-state index in [4.69, 9.17) is 0 Å². The minimum atomic E-state index is -0.186. The Balaban J connectivity index is 1.28. The van der Waals surface area contributed by atoms with E-state index < -0.39 is 0 Å². The van der Waals surface area contributed by atoms with Crippen molar-refractivity contribution < 1.29 is 4.39 Å². The van der Waals surface area contributed by atoms with Gasteiger partial charge in [0, 0.05) is 45.0 Å². The Hall–Kier alpha value is -2.60. The molecular weight excluding hydrogens is 379 g/mol. The number of benzene rings is 2. The van der Waals surface area contributed by atoms with Crippen molar-refractivity contribution in [3.63, 3.8) is 0 Å². The Morgan fingerprint density at radius 1 is 0.800 bits per heavy atom. The monoisotopic (exact) mass is 410 g/mol. The third kappa shape index (κ3) is 4.43. The first-order chi connectivity index (χ1) is 14.7. The van der Waals surface area contributed by atoms with E-state index in [-0.39, 0.29) is 11.5 Å². The topological polar surface area (TPSA) is 33.4 Å². The molecule has 30 heavy (non-hydrogen) atoms. The number of aromatic nitrogens is 2. The number of rotatable bonds is 8. The molecule has 0 unspecified atom stereocenters. The van der Waals surface area contributed by atoms with Crippen LogP contribution in [0.5, 0.6) is 0 Å². The highest BCUT2D eigenvalue weighted by Gasteiger charge is 2.17. The summed E-state index contributed by atoms with van der Waals surface area (Å²) in [4.78, 5) is 17.7. The lowest BCUT2D eigenvalue weighted by atomic mass is 10.2. The van der Waals surface area contributed by atoms with Crippen LogP contribution >= 0.6 is 0 Å². The van der Waals surface area contributed by atoms with E-state index in [0.29, 0.717) is 0 Å². The number of piperazine rings is 1. The predicted octanol–water partition coefficient (Wildman–Crippen LogP) is 3.95. The van der Waals surface area contributed by atoms with Crippen LogP contribution in [0.25, 0.3) is 11.0 Å². The zero-order valence-corrected chi connectivity index (χ0v) is 17.8. The summed E-state index contributed by atoms with van der Waals surface area (Å²) in [6.07, 6.45) is 3.03. The second-order valence-electron chi connectivity index (χ2n) is 8.09. The number of anilines is 1. The lowest BCUT2D eigenvalue weighted by molar-refractivity contribution is 0.251. The van der Waals surface area contributed by atoms with Crippen LogP contribution < -0.4 is 10.6 Å². The van der Waals surface area contributed by atoms with Crippen LogP contribution in [-0.4, -0.2) is 46.8 Å². The summed E-state index contributed by atoms with van der Waals surface area (Å²) < 4.78 is 17.0. The highest BCUT2D eigenvalue weighted by atomic mass is 19.1. The molecule has 2 aromatic carbocycles. The molecule has 5 nitrogen and oxygen atoms in total. The molecule has 0 N–H and O–H groups in total. The molecular formula is C24H31FN4O. The first-order valence-corrected chi connectivity index (χ1v) is 11.1. The van der Waals surface area contributed by atoms with Crippen LogP contribution in [0.1, 0.15) is 26.2 Å². The number of fused-ring (bicyclic) bond motifs is 1. The Labute approximate surface area is 177 Å². The summed E-state index contributed by atoms with van der Waals surface area (Å²) in [7, 11) is 0. The standard InChI is InChI=1S/C24H31FN4O/c1-2-13-28-22-7-3-4-8-23(22)29(24(28)30)15-6-5-14-26-16-18-27(19-17-26)21-11-9-20(25)10-12-21/h3-4,7-12H,2,5-6,13-19H2,1H3. The first-order valence-electron chi connectivity index (χ1n) is 11.1. The number of aryl methyl sites for hydroxylation is 2. The van der Waals surface area contributed by atoms with Crippen LogP contribution in [0.15, 0.2) is 53.3 Å². The minimum absolute atomic E-state index is 0.117. The summed E-state index contributed by atoms with van der Waals surface area (Å²) in [5, 5.41) is 0. The van der Waals surface area contributed by atoms with E-state index >= 15 is 0 Å². The number of imidazole rings is 1. The summed E-state index contributed by atoms with van der Waals surface area (Å²) in [5.74, 6) is -0.186. The molecule has 0 atom stereocenters. The average molecular weight is 411 g/mol. The molecule has 160 valence electrons. The zero-order valence-electron chi connectivity index (χ0n) is 17.8. The lowest BCUT2D eigenvalue weighted by Crippen LogP contribution is -2.46. The maximum Gasteiger partial charge on any atom is 0.329 e. The van der Waals surface area contributed by atoms with E-state index in [1.165, 1.54) is 12.1 Å². The van der Waals surface area contributed by atoms with Gasteiger partial charge < -0.3 is 4.90 Å². The van der Waals surface area contributed by atoms with Crippen molar-refractivity contribution in [2.75, 3.05) is 37.6 Å². The fourth-order valence-corrected chi connectivity index (χ4v) is 4.42. The molecule has 3 aromatic rings. The summed E-state index contributed by atoms with van der Waals surface area (Å²) in [6.45, 7) is 8.68. The van der Waals surface area contributed by atoms with Crippen LogP contribution in [0.3, 0.4) is 0 Å². The molecule has 1 aliphatic heterocycles. The zero-order chi connectivity index (χ0) is 20.9. The van der Waals surface area contributed by atoms with Gasteiger partial charge in [-0.2, -0.15) is 0 Å². The smallest absolute Gasteiger partial charge is 0.329 e. The van der Waals surface area contributed by atoms with Gasteiger partial charge in [-0.15, -0.1) is 0 Å². The summed E-state index contributed by atoms with van der Waals surface area (Å²) >= 11 is 0. The van der Waals surface area contributed by atoms with Crippen LogP contribution in [0.2, 0.25) is 0 Å². The van der Waals surface area contributed by atoms with Gasteiger partial charge in [-0.25, -0.2) is 9.18 Å². The molecule has 0 saturated carbocycles. The van der Waals surface area contributed by atoms with Gasteiger partial charge in [-0.05, 0) is 62.2 Å². The molecule has 0 radical (unpaired) electrons. The minimum Gasteiger partial charge on any atom is -0.369 e. The molecule has 1 saturated heterocycles. The van der Waals surface area contributed by atoms with Crippen molar-refractivity contribution in [3.8, 4) is 0 Å². The van der Waals surface area contributed by atoms with E-state index in [1.807, 2.05) is 39.5 Å². The molecule has 1 fully saturated rings. The number of para-hydroxylation sites is 2. The Morgan fingerprint density at radius 2 is 1.40 bits per heavy atom. The normalized spacial score (nSPS) is 15.2. The molecule has 4 rings (SSSR count). The van der Waals surface area contributed by atoms with Crippen molar-refractivity contribution in [1.29, 1.82) is 0 Å². The molecule has 1 aromatic heterocycles. The first kappa shape index (κ1) is 20.7. The number of nitrogens with zero attached hydrogens (tertiary/aromatic N) is 4. The Kier molecular flexibility index (Phi) is 6.53. The summed E-state index contributed by atoms with van der Waals surface area (Å²) in [5.41, 5.74) is 3.30. The van der Waals surface area contributed by atoms with Gasteiger partial charge >= 0.3 is 5.69 Å². The molecule has 2 heterocycles. The summed E-state index contributed by atoms with van der Waals surface area (Å²) in [6, 6.07) is 14.9. The number of unbranched alkanes of at least 4 members (excludes halogenated alkanes) is 1. The van der Waals surface area contributed by atoms with Crippen molar-refractivity contribution >= 4 is 16.7 Å². The fourth-order valence-electron chi connectivity index (χ4n) is 4.42. The van der Waals surface area contributed by atoms with E-state index in [2.05, 4.69) is 22.8 Å². The quantitative estimate of drug-likeness (QED) is 0.527. The van der Waals surface area contributed by atoms with Crippen molar-refractivity contribution in [3.05, 3.63) is 64.8 Å². The van der Waals surface area contributed by atoms with Gasteiger partial charge in [-0.3, -0.25) is 14.0 Å². The average Bonchev–Trinajstić information content (AvgIpc) is 3.04. The van der Waals surface area contributed by atoms with Crippen molar-refractivity contribution in [1.82, 2.24) is 14.0 Å². The molecule has 0 amide bonds. The third-order valence-corrected chi connectivity index (χ3v) is 6.04. The SMILES string of the molecule is CCCn1c(=O)n(CCCCN2CCN(c3ccc(F)cc3)CC2)c2ccccc21. The maximum atomic E-state index is 13.1. The van der Waals surface area contributed by atoms with Crippen LogP contribution in [-0.2, 0) is 13.1 Å². The Morgan fingerprint density at radius 3 is 2.03 bits per heavy atom. The van der Waals surface area contributed by atoms with Gasteiger partial charge in [0.05, 0.1) is 11.0 Å². The van der Waals surface area contributed by atoms with E-state index in [1.54, 1.807) is 0 Å². The maximum absolute atomic E-state index is 13.1. The Bertz CT molecular complexity index is 1020.